The molecule has 1 N–H and O–H groups in total. The molecule has 4 heteroatoms. The smallest absolute Gasteiger partial charge is 0.331 e. The summed E-state index contributed by atoms with van der Waals surface area (Å²) in [5, 5.41) is 2.87. The van der Waals surface area contributed by atoms with Gasteiger partial charge in [-0.25, -0.2) is 4.79 Å². The van der Waals surface area contributed by atoms with Crippen LogP contribution in [0.25, 0.3) is 0 Å². The number of nitrogens with one attached hydrogen (secondary N) is 1. The summed E-state index contributed by atoms with van der Waals surface area (Å²) < 4.78 is 5.30. The van der Waals surface area contributed by atoms with Gasteiger partial charge in [0.05, 0.1) is 0 Å². The van der Waals surface area contributed by atoms with Crippen LogP contribution in [0.4, 0.5) is 5.69 Å². The van der Waals surface area contributed by atoms with Crippen LogP contribution in [-0.4, -0.2) is 18.0 Å². The van der Waals surface area contributed by atoms with Crippen LogP contribution in [0, 0.1) is 0 Å². The van der Waals surface area contributed by atoms with E-state index in [2.05, 4.69) is 5.32 Å². The van der Waals surface area contributed by atoms with E-state index in [1.165, 1.54) is 6.08 Å². The third-order valence-electron chi connectivity index (χ3n) is 3.76. The van der Waals surface area contributed by atoms with E-state index in [0.29, 0.717) is 0 Å². The lowest BCUT2D eigenvalue weighted by Crippen LogP contribution is -2.24. The number of benzene rings is 2. The molecule has 0 radical (unpaired) electrons. The van der Waals surface area contributed by atoms with Crippen molar-refractivity contribution in [2.75, 3.05) is 5.32 Å². The van der Waals surface area contributed by atoms with Gasteiger partial charge in [-0.2, -0.15) is 0 Å². The van der Waals surface area contributed by atoms with E-state index < -0.39 is 6.10 Å². The van der Waals surface area contributed by atoms with Crippen molar-refractivity contribution < 1.29 is 14.3 Å². The highest BCUT2D eigenvalue weighted by Crippen LogP contribution is 2.29. The number of amides is 1. The summed E-state index contributed by atoms with van der Waals surface area (Å²) in [4.78, 5) is 23.7. The van der Waals surface area contributed by atoms with Crippen LogP contribution in [0.3, 0.4) is 0 Å². The van der Waals surface area contributed by atoms with Crippen molar-refractivity contribution in [2.45, 2.75) is 18.4 Å². The first-order valence-corrected chi connectivity index (χ1v) is 7.51. The van der Waals surface area contributed by atoms with E-state index >= 15 is 0 Å². The minimum Gasteiger partial charge on any atom is -0.454 e. The highest BCUT2D eigenvalue weighted by Gasteiger charge is 2.29. The number of carbonyl (C=O) groups excluding carboxylic acids is 2. The number of rotatable bonds is 5. The maximum Gasteiger partial charge on any atom is 0.331 e. The molecule has 0 aliphatic carbocycles. The molecule has 2 atom stereocenters. The Morgan fingerprint density at radius 1 is 1.04 bits per heavy atom. The number of esters is 1. The van der Waals surface area contributed by atoms with Gasteiger partial charge in [-0.15, -0.1) is 0 Å². The van der Waals surface area contributed by atoms with Gasteiger partial charge in [0.15, 0.2) is 0 Å². The molecule has 1 aliphatic heterocycles. The fraction of sp³-hybridized carbons (Fsp3) is 0.158. The Labute approximate surface area is 134 Å². The lowest BCUT2D eigenvalue weighted by Gasteiger charge is -2.22. The zero-order valence-electron chi connectivity index (χ0n) is 12.5. The molecule has 1 amide bonds. The molecule has 4 nitrogen and oxygen atoms in total. The maximum absolute atomic E-state index is 12.4. The Morgan fingerprint density at radius 2 is 1.70 bits per heavy atom. The second-order valence-corrected chi connectivity index (χ2v) is 5.40. The molecule has 3 rings (SSSR count). The minimum absolute atomic E-state index is 0.110. The van der Waals surface area contributed by atoms with Crippen LogP contribution in [0.2, 0.25) is 0 Å². The SMILES string of the molecule is O=C(C[C@@H](c1ccccc1)[C@@H]1C=CC(=O)O1)Nc1ccccc1. The van der Waals surface area contributed by atoms with Gasteiger partial charge in [-0.1, -0.05) is 48.5 Å². The Hall–Kier alpha value is -2.88. The maximum atomic E-state index is 12.4. The minimum atomic E-state index is -0.411. The number of anilines is 1. The molecule has 1 heterocycles. The molecular weight excluding hydrogens is 290 g/mol. The molecule has 0 fully saturated rings. The average molecular weight is 307 g/mol. The number of hydrogen-bond donors (Lipinski definition) is 1. The van der Waals surface area contributed by atoms with E-state index in [1.807, 2.05) is 60.7 Å². The Balaban J connectivity index is 1.75. The summed E-state index contributed by atoms with van der Waals surface area (Å²) in [6.45, 7) is 0. The van der Waals surface area contributed by atoms with Crippen molar-refractivity contribution in [2.24, 2.45) is 0 Å². The van der Waals surface area contributed by atoms with Crippen molar-refractivity contribution in [3.63, 3.8) is 0 Å². The first-order valence-electron chi connectivity index (χ1n) is 7.51. The van der Waals surface area contributed by atoms with Gasteiger partial charge in [-0.3, -0.25) is 4.79 Å². The highest BCUT2D eigenvalue weighted by molar-refractivity contribution is 5.91. The molecule has 0 bridgehead atoms. The number of hydrogen-bond acceptors (Lipinski definition) is 3. The molecule has 1 aliphatic rings. The van der Waals surface area contributed by atoms with Crippen LogP contribution in [0.15, 0.2) is 72.8 Å². The lowest BCUT2D eigenvalue weighted by atomic mass is 9.90. The zero-order valence-corrected chi connectivity index (χ0v) is 12.5. The van der Waals surface area contributed by atoms with Crippen LogP contribution >= 0.6 is 0 Å². The Morgan fingerprint density at radius 3 is 2.30 bits per heavy atom. The molecule has 23 heavy (non-hydrogen) atoms. The van der Waals surface area contributed by atoms with E-state index in [4.69, 9.17) is 4.74 Å². The molecular formula is C19H17NO3. The van der Waals surface area contributed by atoms with Crippen molar-refractivity contribution in [1.29, 1.82) is 0 Å². The van der Waals surface area contributed by atoms with Gasteiger partial charge >= 0.3 is 5.97 Å². The summed E-state index contributed by atoms with van der Waals surface area (Å²) in [5.74, 6) is -0.677. The van der Waals surface area contributed by atoms with Crippen molar-refractivity contribution >= 4 is 17.6 Å². The Kier molecular flexibility index (Phi) is 4.52. The summed E-state index contributed by atoms with van der Waals surface area (Å²) in [6.07, 6.45) is 2.96. The molecule has 0 unspecified atom stereocenters. The van der Waals surface area contributed by atoms with Crippen molar-refractivity contribution in [3.05, 3.63) is 78.4 Å². The van der Waals surface area contributed by atoms with E-state index in [9.17, 15) is 9.59 Å². The van der Waals surface area contributed by atoms with Crippen molar-refractivity contribution in [1.82, 2.24) is 0 Å². The molecule has 116 valence electrons. The third kappa shape index (κ3) is 3.86. The van der Waals surface area contributed by atoms with Crippen LogP contribution in [0.5, 0.6) is 0 Å². The van der Waals surface area contributed by atoms with Gasteiger partial charge in [-0.05, 0) is 23.8 Å². The fourth-order valence-corrected chi connectivity index (χ4v) is 2.66. The van der Waals surface area contributed by atoms with Crippen LogP contribution < -0.4 is 5.32 Å². The fourth-order valence-electron chi connectivity index (χ4n) is 2.66. The summed E-state index contributed by atoms with van der Waals surface area (Å²) in [7, 11) is 0. The average Bonchev–Trinajstić information content (AvgIpc) is 3.00. The largest absolute Gasteiger partial charge is 0.454 e. The Bertz CT molecular complexity index is 710. The van der Waals surface area contributed by atoms with Crippen LogP contribution in [0.1, 0.15) is 17.9 Å². The quantitative estimate of drug-likeness (QED) is 0.862. The first kappa shape index (κ1) is 15.0. The lowest BCUT2D eigenvalue weighted by molar-refractivity contribution is -0.140. The number of ether oxygens (including phenoxy) is 1. The molecule has 0 aromatic heterocycles. The van der Waals surface area contributed by atoms with E-state index in [1.54, 1.807) is 6.08 Å². The zero-order chi connectivity index (χ0) is 16.1. The normalized spacial score (nSPS) is 17.6. The first-order chi connectivity index (χ1) is 11.2. The van der Waals surface area contributed by atoms with Gasteiger partial charge < -0.3 is 10.1 Å². The predicted octanol–water partition coefficient (Wildman–Crippen LogP) is 3.28. The molecule has 0 saturated heterocycles. The van der Waals surface area contributed by atoms with E-state index in [-0.39, 0.29) is 24.2 Å². The van der Waals surface area contributed by atoms with Crippen molar-refractivity contribution in [3.8, 4) is 0 Å². The predicted molar refractivity (Wildman–Crippen MR) is 87.9 cm³/mol. The van der Waals surface area contributed by atoms with E-state index in [0.717, 1.165) is 11.3 Å². The number of carbonyl (C=O) groups is 2. The van der Waals surface area contributed by atoms with Gasteiger partial charge in [0.1, 0.15) is 6.10 Å². The number of para-hydroxylation sites is 1. The molecule has 0 saturated carbocycles. The third-order valence-corrected chi connectivity index (χ3v) is 3.76. The van der Waals surface area contributed by atoms with Crippen LogP contribution in [-0.2, 0) is 14.3 Å². The van der Waals surface area contributed by atoms with Gasteiger partial charge in [0.2, 0.25) is 5.91 Å². The van der Waals surface area contributed by atoms with Gasteiger partial charge in [0.25, 0.3) is 0 Å². The topological polar surface area (TPSA) is 55.4 Å². The second-order valence-electron chi connectivity index (χ2n) is 5.40. The summed E-state index contributed by atoms with van der Waals surface area (Å²) >= 11 is 0. The summed E-state index contributed by atoms with van der Waals surface area (Å²) in [6, 6.07) is 18.9. The molecule has 0 spiro atoms. The number of cyclic esters (lactones) is 1. The molecule has 2 aromatic carbocycles. The second kappa shape index (κ2) is 6.92. The highest BCUT2D eigenvalue weighted by atomic mass is 16.5. The van der Waals surface area contributed by atoms with Gasteiger partial charge in [0, 0.05) is 24.1 Å². The standard InChI is InChI=1S/C19H17NO3/c21-18(20-15-9-5-2-6-10-15)13-16(14-7-3-1-4-8-14)17-11-12-19(22)23-17/h1-12,16-17H,13H2,(H,20,21)/t16-,17-/m0/s1. The monoisotopic (exact) mass is 307 g/mol. The molecule has 2 aromatic rings. The summed E-state index contributed by atoms with van der Waals surface area (Å²) in [5.41, 5.74) is 1.73.